The number of ketones is 1. The third-order valence-electron chi connectivity index (χ3n) is 2.83. The number of ether oxygens (including phenoxy) is 1. The highest BCUT2D eigenvalue weighted by molar-refractivity contribution is 5.97. The molecule has 0 amide bonds. The highest BCUT2D eigenvalue weighted by atomic mass is 16.6. The smallest absolute Gasteiger partial charge is 0.311 e. The quantitative estimate of drug-likeness (QED) is 0.476. The average molecular weight is 271 g/mol. The van der Waals surface area contributed by atoms with E-state index in [1.165, 1.54) is 6.07 Å². The Kier molecular flexibility index (Phi) is 4.10. The van der Waals surface area contributed by atoms with Crippen LogP contribution >= 0.6 is 0 Å². The third-order valence-corrected chi connectivity index (χ3v) is 2.83. The number of aryl methyl sites for hydroxylation is 1. The monoisotopic (exact) mass is 271 g/mol. The molecule has 102 valence electrons. The van der Waals surface area contributed by atoms with Crippen LogP contribution in [0.4, 0.5) is 5.69 Å². The summed E-state index contributed by atoms with van der Waals surface area (Å²) in [7, 11) is 0. The van der Waals surface area contributed by atoms with Crippen LogP contribution in [-0.2, 0) is 0 Å². The number of carbonyl (C=O) groups is 1. The first-order valence-corrected chi connectivity index (χ1v) is 6.04. The van der Waals surface area contributed by atoms with E-state index in [-0.39, 0.29) is 23.8 Å². The lowest BCUT2D eigenvalue weighted by atomic mass is 10.1. The number of hydrogen-bond acceptors (Lipinski definition) is 4. The minimum Gasteiger partial charge on any atom is -0.478 e. The molecule has 0 radical (unpaired) electrons. The normalized spacial score (nSPS) is 10.1. The SMILES string of the molecule is Cc1cccc([N+](=O)[O-])c1OCC(=O)c1ccccc1. The van der Waals surface area contributed by atoms with Crippen molar-refractivity contribution in [3.63, 3.8) is 0 Å². The lowest BCUT2D eigenvalue weighted by Crippen LogP contribution is -2.12. The van der Waals surface area contributed by atoms with Crippen LogP contribution in [0.2, 0.25) is 0 Å². The Morgan fingerprint density at radius 3 is 2.50 bits per heavy atom. The van der Waals surface area contributed by atoms with Gasteiger partial charge in [-0.25, -0.2) is 0 Å². The van der Waals surface area contributed by atoms with Crippen LogP contribution in [0.5, 0.6) is 5.75 Å². The van der Waals surface area contributed by atoms with Crippen molar-refractivity contribution in [2.24, 2.45) is 0 Å². The van der Waals surface area contributed by atoms with Crippen molar-refractivity contribution >= 4 is 11.5 Å². The van der Waals surface area contributed by atoms with Crippen molar-refractivity contribution in [2.75, 3.05) is 6.61 Å². The third kappa shape index (κ3) is 3.00. The molecule has 5 nitrogen and oxygen atoms in total. The van der Waals surface area contributed by atoms with Gasteiger partial charge in [0.05, 0.1) is 4.92 Å². The average Bonchev–Trinajstić information content (AvgIpc) is 2.46. The number of Topliss-reactive ketones (excluding diaryl/α,β-unsaturated/α-hetero) is 1. The lowest BCUT2D eigenvalue weighted by molar-refractivity contribution is -0.385. The summed E-state index contributed by atoms with van der Waals surface area (Å²) in [5.74, 6) is -0.0788. The Morgan fingerprint density at radius 2 is 1.85 bits per heavy atom. The van der Waals surface area contributed by atoms with Crippen molar-refractivity contribution in [3.05, 3.63) is 69.8 Å². The molecule has 0 saturated carbocycles. The molecule has 0 atom stereocenters. The Balaban J connectivity index is 2.16. The van der Waals surface area contributed by atoms with Crippen molar-refractivity contribution in [1.29, 1.82) is 0 Å². The van der Waals surface area contributed by atoms with Crippen LogP contribution in [0.15, 0.2) is 48.5 Å². The highest BCUT2D eigenvalue weighted by Gasteiger charge is 2.18. The number of benzene rings is 2. The highest BCUT2D eigenvalue weighted by Crippen LogP contribution is 2.30. The van der Waals surface area contributed by atoms with Gasteiger partial charge in [-0.2, -0.15) is 0 Å². The van der Waals surface area contributed by atoms with Crippen molar-refractivity contribution in [2.45, 2.75) is 6.92 Å². The number of para-hydroxylation sites is 1. The predicted octanol–water partition coefficient (Wildman–Crippen LogP) is 3.16. The zero-order valence-corrected chi connectivity index (χ0v) is 10.9. The van der Waals surface area contributed by atoms with Gasteiger partial charge < -0.3 is 4.74 Å². The van der Waals surface area contributed by atoms with Crippen molar-refractivity contribution in [3.8, 4) is 5.75 Å². The van der Waals surface area contributed by atoms with E-state index in [0.717, 1.165) is 0 Å². The van der Waals surface area contributed by atoms with Crippen LogP contribution in [0, 0.1) is 17.0 Å². The zero-order valence-electron chi connectivity index (χ0n) is 10.9. The van der Waals surface area contributed by atoms with Gasteiger partial charge in [0.15, 0.2) is 12.4 Å². The summed E-state index contributed by atoms with van der Waals surface area (Å²) in [5.41, 5.74) is 1.01. The second-order valence-corrected chi connectivity index (χ2v) is 4.26. The molecule has 0 aliphatic heterocycles. The molecule has 0 saturated heterocycles. The first-order chi connectivity index (χ1) is 9.59. The Labute approximate surface area is 116 Å². The molecule has 20 heavy (non-hydrogen) atoms. The van der Waals surface area contributed by atoms with E-state index in [0.29, 0.717) is 11.1 Å². The molecule has 0 spiro atoms. The minimum absolute atomic E-state index is 0.133. The second kappa shape index (κ2) is 5.97. The molecule has 0 aromatic heterocycles. The summed E-state index contributed by atoms with van der Waals surface area (Å²) in [6.45, 7) is 1.48. The van der Waals surface area contributed by atoms with Crippen LogP contribution in [0.25, 0.3) is 0 Å². The van der Waals surface area contributed by atoms with Crippen molar-refractivity contribution in [1.82, 2.24) is 0 Å². The van der Waals surface area contributed by atoms with Crippen LogP contribution in [0.3, 0.4) is 0 Å². The van der Waals surface area contributed by atoms with Crippen LogP contribution in [-0.4, -0.2) is 17.3 Å². The van der Waals surface area contributed by atoms with Gasteiger partial charge in [-0.15, -0.1) is 0 Å². The Morgan fingerprint density at radius 1 is 1.15 bits per heavy atom. The molecule has 2 rings (SSSR count). The maximum Gasteiger partial charge on any atom is 0.311 e. The van der Waals surface area contributed by atoms with E-state index in [2.05, 4.69) is 0 Å². The van der Waals surface area contributed by atoms with Gasteiger partial charge in [0.1, 0.15) is 0 Å². The number of nitro groups is 1. The van der Waals surface area contributed by atoms with E-state index in [4.69, 9.17) is 4.74 Å². The molecular formula is C15H13NO4. The summed E-state index contributed by atoms with van der Waals surface area (Å²) in [5, 5.41) is 10.9. The maximum absolute atomic E-state index is 11.9. The predicted molar refractivity (Wildman–Crippen MR) is 74.1 cm³/mol. The van der Waals surface area contributed by atoms with Crippen LogP contribution < -0.4 is 4.74 Å². The molecule has 0 heterocycles. The summed E-state index contributed by atoms with van der Waals surface area (Å²) in [6, 6.07) is 13.3. The lowest BCUT2D eigenvalue weighted by Gasteiger charge is -2.08. The van der Waals surface area contributed by atoms with Crippen molar-refractivity contribution < 1.29 is 14.5 Å². The summed E-state index contributed by atoms with van der Waals surface area (Å²) in [6.07, 6.45) is 0. The van der Waals surface area contributed by atoms with Gasteiger partial charge in [-0.3, -0.25) is 14.9 Å². The van der Waals surface area contributed by atoms with E-state index >= 15 is 0 Å². The van der Waals surface area contributed by atoms with Gasteiger partial charge in [-0.05, 0) is 12.5 Å². The first-order valence-electron chi connectivity index (χ1n) is 6.04. The topological polar surface area (TPSA) is 69.4 Å². The van der Waals surface area contributed by atoms with E-state index in [1.807, 2.05) is 6.07 Å². The second-order valence-electron chi connectivity index (χ2n) is 4.26. The maximum atomic E-state index is 11.9. The largest absolute Gasteiger partial charge is 0.478 e. The summed E-state index contributed by atoms with van der Waals surface area (Å²) < 4.78 is 5.35. The Hall–Kier alpha value is -2.69. The fourth-order valence-electron chi connectivity index (χ4n) is 1.81. The zero-order chi connectivity index (χ0) is 14.5. The number of nitro benzene ring substituents is 1. The number of carbonyl (C=O) groups excluding carboxylic acids is 1. The molecule has 5 heteroatoms. The van der Waals surface area contributed by atoms with E-state index in [9.17, 15) is 14.9 Å². The molecule has 0 N–H and O–H groups in total. The summed E-state index contributed by atoms with van der Waals surface area (Å²) >= 11 is 0. The molecule has 2 aromatic rings. The Bertz CT molecular complexity index is 638. The molecule has 0 unspecified atom stereocenters. The standard InChI is InChI=1S/C15H13NO4/c1-11-6-5-9-13(16(18)19)15(11)20-10-14(17)12-7-3-2-4-8-12/h2-9H,10H2,1H3. The molecule has 0 fully saturated rings. The number of rotatable bonds is 5. The van der Waals surface area contributed by atoms with Crippen LogP contribution in [0.1, 0.15) is 15.9 Å². The fourth-order valence-corrected chi connectivity index (χ4v) is 1.81. The van der Waals surface area contributed by atoms with Gasteiger partial charge in [0.25, 0.3) is 0 Å². The number of nitrogens with zero attached hydrogens (tertiary/aromatic N) is 1. The molecule has 0 aliphatic carbocycles. The van der Waals surface area contributed by atoms with Gasteiger partial charge >= 0.3 is 5.69 Å². The molecule has 0 aliphatic rings. The minimum atomic E-state index is -0.519. The number of hydrogen-bond donors (Lipinski definition) is 0. The van der Waals surface area contributed by atoms with E-state index in [1.54, 1.807) is 43.3 Å². The molecule has 2 aromatic carbocycles. The summed E-state index contributed by atoms with van der Waals surface area (Å²) in [4.78, 5) is 22.3. The van der Waals surface area contributed by atoms with Gasteiger partial charge in [0, 0.05) is 11.6 Å². The van der Waals surface area contributed by atoms with Gasteiger partial charge in [-0.1, -0.05) is 42.5 Å². The fraction of sp³-hybridized carbons (Fsp3) is 0.133. The van der Waals surface area contributed by atoms with E-state index < -0.39 is 4.92 Å². The molecule has 0 bridgehead atoms. The van der Waals surface area contributed by atoms with Gasteiger partial charge in [0.2, 0.25) is 5.75 Å². The first kappa shape index (κ1) is 13.7. The molecular weight excluding hydrogens is 258 g/mol.